The maximum absolute atomic E-state index is 13.0. The second-order valence-electron chi connectivity index (χ2n) is 3.83. The molecule has 88 valence electrons. The molecule has 0 amide bonds. The zero-order chi connectivity index (χ0) is 11.5. The maximum atomic E-state index is 13.0. The van der Waals surface area contributed by atoms with Crippen molar-refractivity contribution < 1.29 is 14.2 Å². The van der Waals surface area contributed by atoms with Crippen LogP contribution in [0.2, 0.25) is 0 Å². The van der Waals surface area contributed by atoms with Crippen LogP contribution in [0.3, 0.4) is 0 Å². The van der Waals surface area contributed by atoms with Gasteiger partial charge in [-0.2, -0.15) is 0 Å². The molecule has 1 aliphatic heterocycles. The van der Waals surface area contributed by atoms with Crippen molar-refractivity contribution in [2.45, 2.75) is 6.10 Å². The molecular weight excluding hydrogens is 211 g/mol. The third kappa shape index (κ3) is 2.25. The summed E-state index contributed by atoms with van der Waals surface area (Å²) in [4.78, 5) is 2.03. The van der Waals surface area contributed by atoms with Gasteiger partial charge in [-0.3, -0.25) is 0 Å². The molecule has 0 aliphatic carbocycles. The zero-order valence-corrected chi connectivity index (χ0v) is 8.90. The molecule has 0 aromatic heterocycles. The van der Waals surface area contributed by atoms with E-state index in [-0.39, 0.29) is 18.4 Å². The summed E-state index contributed by atoms with van der Waals surface area (Å²) in [5, 5.41) is 9.02. The van der Waals surface area contributed by atoms with Crippen LogP contribution >= 0.6 is 0 Å². The highest BCUT2D eigenvalue weighted by Gasteiger charge is 2.20. The molecule has 1 fully saturated rings. The van der Waals surface area contributed by atoms with Crippen molar-refractivity contribution in [3.8, 4) is 0 Å². The van der Waals surface area contributed by atoms with Crippen LogP contribution in [0.1, 0.15) is 0 Å². The number of nitrogens with two attached hydrogens (primary N) is 1. The predicted octanol–water partition coefficient (Wildman–Crippen LogP) is 0.605. The number of ether oxygens (including phenoxy) is 1. The van der Waals surface area contributed by atoms with E-state index in [0.717, 1.165) is 12.2 Å². The molecule has 0 unspecified atom stereocenters. The Kier molecular flexibility index (Phi) is 3.26. The van der Waals surface area contributed by atoms with Gasteiger partial charge < -0.3 is 20.5 Å². The van der Waals surface area contributed by atoms with Gasteiger partial charge in [-0.1, -0.05) is 0 Å². The maximum Gasteiger partial charge on any atom is 0.146 e. The van der Waals surface area contributed by atoms with E-state index in [0.29, 0.717) is 13.2 Å². The minimum atomic E-state index is -0.407. The highest BCUT2D eigenvalue weighted by Crippen LogP contribution is 2.22. The molecule has 1 heterocycles. The van der Waals surface area contributed by atoms with Gasteiger partial charge in [0.2, 0.25) is 0 Å². The van der Waals surface area contributed by atoms with Gasteiger partial charge in [-0.25, -0.2) is 4.39 Å². The van der Waals surface area contributed by atoms with Crippen molar-refractivity contribution in [1.82, 2.24) is 0 Å². The largest absolute Gasteiger partial charge is 0.396 e. The Morgan fingerprint density at radius 2 is 2.38 bits per heavy atom. The topological polar surface area (TPSA) is 58.7 Å². The molecule has 1 saturated heterocycles. The molecule has 5 heteroatoms. The first-order valence-corrected chi connectivity index (χ1v) is 5.23. The van der Waals surface area contributed by atoms with Gasteiger partial charge in [-0.15, -0.1) is 0 Å². The highest BCUT2D eigenvalue weighted by molar-refractivity contribution is 5.57. The first-order chi connectivity index (χ1) is 7.70. The van der Waals surface area contributed by atoms with E-state index in [1.54, 1.807) is 12.1 Å². The number of anilines is 2. The number of benzene rings is 1. The number of morpholine rings is 1. The van der Waals surface area contributed by atoms with E-state index in [9.17, 15) is 4.39 Å². The summed E-state index contributed by atoms with van der Waals surface area (Å²) in [6.45, 7) is 1.87. The Balaban J connectivity index is 2.13. The Morgan fingerprint density at radius 3 is 3.06 bits per heavy atom. The molecule has 1 aromatic carbocycles. The molecule has 1 atom stereocenters. The van der Waals surface area contributed by atoms with Gasteiger partial charge in [0.15, 0.2) is 0 Å². The number of halogens is 1. The lowest BCUT2D eigenvalue weighted by molar-refractivity contribution is 0.00357. The molecule has 3 N–H and O–H groups in total. The van der Waals surface area contributed by atoms with Gasteiger partial charge in [0.05, 0.1) is 25.0 Å². The number of nitrogens with zero attached hydrogens (tertiary/aromatic N) is 1. The second-order valence-corrected chi connectivity index (χ2v) is 3.83. The molecule has 0 spiro atoms. The number of aliphatic hydroxyl groups excluding tert-OH is 1. The first-order valence-electron chi connectivity index (χ1n) is 5.23. The fraction of sp³-hybridized carbons (Fsp3) is 0.455. The number of hydrogen-bond donors (Lipinski definition) is 2. The predicted molar refractivity (Wildman–Crippen MR) is 59.9 cm³/mol. The molecule has 16 heavy (non-hydrogen) atoms. The highest BCUT2D eigenvalue weighted by atomic mass is 19.1. The summed E-state index contributed by atoms with van der Waals surface area (Å²) in [7, 11) is 0. The Bertz CT molecular complexity index is 373. The van der Waals surface area contributed by atoms with E-state index < -0.39 is 5.82 Å². The van der Waals surface area contributed by atoms with Crippen molar-refractivity contribution in [1.29, 1.82) is 0 Å². The van der Waals surface area contributed by atoms with Gasteiger partial charge in [-0.05, 0) is 18.2 Å². The van der Waals surface area contributed by atoms with E-state index in [2.05, 4.69) is 0 Å². The van der Waals surface area contributed by atoms with E-state index in [4.69, 9.17) is 15.6 Å². The average molecular weight is 226 g/mol. The average Bonchev–Trinajstić information content (AvgIpc) is 2.33. The van der Waals surface area contributed by atoms with E-state index in [1.165, 1.54) is 6.07 Å². The minimum Gasteiger partial charge on any atom is -0.396 e. The Hall–Kier alpha value is -1.33. The Morgan fingerprint density at radius 1 is 1.56 bits per heavy atom. The Labute approximate surface area is 93.4 Å². The number of hydrogen-bond acceptors (Lipinski definition) is 4. The molecule has 0 bridgehead atoms. The fourth-order valence-corrected chi connectivity index (χ4v) is 1.79. The van der Waals surface area contributed by atoms with Crippen LogP contribution in [-0.2, 0) is 4.74 Å². The van der Waals surface area contributed by atoms with Gasteiger partial charge in [0.25, 0.3) is 0 Å². The van der Waals surface area contributed by atoms with Crippen LogP contribution in [0.25, 0.3) is 0 Å². The standard InChI is InChI=1S/C11H15FN2O2/c12-10-2-1-8(5-11(10)13)14-3-4-16-9(6-14)7-15/h1-2,5,9,15H,3-4,6-7,13H2/t9-/m1/s1. The third-order valence-corrected chi connectivity index (χ3v) is 2.69. The van der Waals surface area contributed by atoms with Gasteiger partial charge in [0, 0.05) is 18.8 Å². The summed E-state index contributed by atoms with van der Waals surface area (Å²) >= 11 is 0. The van der Waals surface area contributed by atoms with E-state index in [1.807, 2.05) is 4.90 Å². The SMILES string of the molecule is Nc1cc(N2CCO[C@@H](CO)C2)ccc1F. The van der Waals surface area contributed by atoms with Crippen LogP contribution < -0.4 is 10.6 Å². The summed E-state index contributed by atoms with van der Waals surface area (Å²) in [5.74, 6) is -0.407. The first kappa shape index (κ1) is 11.2. The van der Waals surface area contributed by atoms with Crippen molar-refractivity contribution >= 4 is 11.4 Å². The molecule has 0 saturated carbocycles. The molecular formula is C11H15FN2O2. The lowest BCUT2D eigenvalue weighted by Crippen LogP contribution is -2.44. The summed E-state index contributed by atoms with van der Waals surface area (Å²) in [6.07, 6.45) is -0.181. The molecule has 4 nitrogen and oxygen atoms in total. The quantitative estimate of drug-likeness (QED) is 0.725. The van der Waals surface area contributed by atoms with Gasteiger partial charge >= 0.3 is 0 Å². The van der Waals surface area contributed by atoms with Crippen molar-refractivity contribution in [3.63, 3.8) is 0 Å². The van der Waals surface area contributed by atoms with E-state index >= 15 is 0 Å². The third-order valence-electron chi connectivity index (χ3n) is 2.69. The summed E-state index contributed by atoms with van der Waals surface area (Å²) in [6, 6.07) is 4.65. The zero-order valence-electron chi connectivity index (χ0n) is 8.90. The summed E-state index contributed by atoms with van der Waals surface area (Å²) in [5.41, 5.74) is 6.52. The fourth-order valence-electron chi connectivity index (χ4n) is 1.79. The smallest absolute Gasteiger partial charge is 0.146 e. The van der Waals surface area contributed by atoms with Crippen molar-refractivity contribution in [2.75, 3.05) is 36.9 Å². The van der Waals surface area contributed by atoms with Crippen LogP contribution in [0, 0.1) is 5.82 Å². The molecule has 0 radical (unpaired) electrons. The van der Waals surface area contributed by atoms with Crippen LogP contribution in [0.5, 0.6) is 0 Å². The lowest BCUT2D eigenvalue weighted by atomic mass is 10.2. The van der Waals surface area contributed by atoms with Crippen LogP contribution in [-0.4, -0.2) is 37.5 Å². The lowest BCUT2D eigenvalue weighted by Gasteiger charge is -2.33. The molecule has 2 rings (SSSR count). The number of nitrogen functional groups attached to an aromatic ring is 1. The summed E-state index contributed by atoms with van der Waals surface area (Å²) < 4.78 is 18.3. The van der Waals surface area contributed by atoms with Crippen molar-refractivity contribution in [2.24, 2.45) is 0 Å². The normalized spacial score (nSPS) is 21.1. The van der Waals surface area contributed by atoms with Crippen molar-refractivity contribution in [3.05, 3.63) is 24.0 Å². The monoisotopic (exact) mass is 226 g/mol. The van der Waals surface area contributed by atoms with Crippen LogP contribution in [0.4, 0.5) is 15.8 Å². The molecule has 1 aromatic rings. The number of rotatable bonds is 2. The van der Waals surface area contributed by atoms with Gasteiger partial charge in [0.1, 0.15) is 5.82 Å². The minimum absolute atomic E-state index is 0.00677. The second kappa shape index (κ2) is 4.67. The molecule has 1 aliphatic rings. The van der Waals surface area contributed by atoms with Crippen LogP contribution in [0.15, 0.2) is 18.2 Å². The number of aliphatic hydroxyl groups is 1.